The van der Waals surface area contributed by atoms with Crippen LogP contribution in [0.3, 0.4) is 0 Å². The minimum Gasteiger partial charge on any atom is -0.411 e. The Hall–Kier alpha value is -0.930. The van der Waals surface area contributed by atoms with E-state index in [1.165, 1.54) is 6.42 Å². The van der Waals surface area contributed by atoms with Gasteiger partial charge in [-0.2, -0.15) is 0 Å². The average Bonchev–Trinajstić information content (AvgIpc) is 2.88. The van der Waals surface area contributed by atoms with E-state index in [0.717, 1.165) is 24.2 Å². The first-order valence-electron chi connectivity index (χ1n) is 6.12. The van der Waals surface area contributed by atoms with Gasteiger partial charge in [0.2, 0.25) is 0 Å². The molecule has 0 amide bonds. The van der Waals surface area contributed by atoms with E-state index < -0.39 is 0 Å². The third-order valence-electron chi connectivity index (χ3n) is 3.98. The molecule has 0 aliphatic heterocycles. The molecule has 2 bridgehead atoms. The van der Waals surface area contributed by atoms with Crippen LogP contribution >= 0.6 is 23.2 Å². The van der Waals surface area contributed by atoms with Gasteiger partial charge in [0, 0.05) is 21.7 Å². The Morgan fingerprint density at radius 2 is 1.89 bits per heavy atom. The molecular weight excluding hydrogens is 271 g/mol. The molecule has 2 saturated carbocycles. The lowest BCUT2D eigenvalue weighted by atomic mass is 9.93. The van der Waals surface area contributed by atoms with E-state index in [0.29, 0.717) is 21.9 Å². The second kappa shape index (κ2) is 4.63. The zero-order valence-electron chi connectivity index (χ0n) is 9.74. The maximum atomic E-state index is 9.14. The number of oxime groups is 1. The van der Waals surface area contributed by atoms with Crippen LogP contribution in [0.5, 0.6) is 0 Å². The van der Waals surface area contributed by atoms with E-state index in [1.54, 1.807) is 6.07 Å². The molecule has 3 atom stereocenters. The number of anilines is 1. The molecule has 2 aliphatic carbocycles. The van der Waals surface area contributed by atoms with Gasteiger partial charge in [0.1, 0.15) is 0 Å². The molecule has 0 aromatic heterocycles. The van der Waals surface area contributed by atoms with Crippen molar-refractivity contribution in [3.05, 3.63) is 28.2 Å². The number of hydrogen-bond donors (Lipinski definition) is 2. The molecule has 2 fully saturated rings. The van der Waals surface area contributed by atoms with Crippen molar-refractivity contribution < 1.29 is 5.21 Å². The maximum Gasteiger partial charge on any atom is 0.0826 e. The quantitative estimate of drug-likeness (QED) is 0.636. The fourth-order valence-electron chi connectivity index (χ4n) is 3.24. The summed E-state index contributed by atoms with van der Waals surface area (Å²) in [6, 6.07) is 5.50. The third-order valence-corrected chi connectivity index (χ3v) is 4.42. The van der Waals surface area contributed by atoms with Crippen molar-refractivity contribution in [2.45, 2.75) is 25.3 Å². The molecule has 3 nitrogen and oxygen atoms in total. The van der Waals surface area contributed by atoms with Crippen molar-refractivity contribution in [2.24, 2.45) is 17.0 Å². The zero-order chi connectivity index (χ0) is 12.7. The van der Waals surface area contributed by atoms with Crippen LogP contribution in [0.15, 0.2) is 23.4 Å². The number of rotatable bonds is 2. The Balaban J connectivity index is 1.84. The van der Waals surface area contributed by atoms with Gasteiger partial charge in [0.25, 0.3) is 0 Å². The Morgan fingerprint density at radius 3 is 2.56 bits per heavy atom. The molecule has 5 heteroatoms. The Morgan fingerprint density at radius 1 is 1.17 bits per heavy atom. The van der Waals surface area contributed by atoms with Crippen LogP contribution in [-0.2, 0) is 0 Å². The Kier molecular flexibility index (Phi) is 3.12. The number of halogens is 2. The van der Waals surface area contributed by atoms with E-state index in [9.17, 15) is 0 Å². The highest BCUT2D eigenvalue weighted by Crippen LogP contribution is 2.44. The van der Waals surface area contributed by atoms with Crippen molar-refractivity contribution in [3.63, 3.8) is 0 Å². The summed E-state index contributed by atoms with van der Waals surface area (Å²) >= 11 is 12.0. The first kappa shape index (κ1) is 12.1. The molecule has 2 N–H and O–H groups in total. The van der Waals surface area contributed by atoms with Gasteiger partial charge in [-0.1, -0.05) is 28.4 Å². The molecule has 0 unspecified atom stereocenters. The summed E-state index contributed by atoms with van der Waals surface area (Å²) in [5.74, 6) is 0.991. The molecule has 0 saturated heterocycles. The summed E-state index contributed by atoms with van der Waals surface area (Å²) in [5, 5.41) is 17.2. The van der Waals surface area contributed by atoms with Gasteiger partial charge in [-0.15, -0.1) is 0 Å². The lowest BCUT2D eigenvalue weighted by Gasteiger charge is -2.25. The van der Waals surface area contributed by atoms with Gasteiger partial charge in [-0.05, 0) is 43.4 Å². The van der Waals surface area contributed by atoms with E-state index in [1.807, 2.05) is 12.1 Å². The number of benzene rings is 1. The summed E-state index contributed by atoms with van der Waals surface area (Å²) in [6.07, 6.45) is 3.44. The highest BCUT2D eigenvalue weighted by Gasteiger charge is 2.45. The van der Waals surface area contributed by atoms with Crippen LogP contribution in [0.25, 0.3) is 0 Å². The highest BCUT2D eigenvalue weighted by atomic mass is 35.5. The fraction of sp³-hybridized carbons (Fsp3) is 0.462. The summed E-state index contributed by atoms with van der Waals surface area (Å²) in [7, 11) is 0. The highest BCUT2D eigenvalue weighted by molar-refractivity contribution is 6.35. The summed E-state index contributed by atoms with van der Waals surface area (Å²) in [6.45, 7) is 0. The fourth-order valence-corrected chi connectivity index (χ4v) is 3.76. The maximum absolute atomic E-state index is 9.14. The normalized spacial score (nSPS) is 32.1. The van der Waals surface area contributed by atoms with Crippen molar-refractivity contribution in [2.75, 3.05) is 5.32 Å². The van der Waals surface area contributed by atoms with Crippen LogP contribution in [0.1, 0.15) is 19.3 Å². The van der Waals surface area contributed by atoms with Gasteiger partial charge in [-0.25, -0.2) is 0 Å². The summed E-state index contributed by atoms with van der Waals surface area (Å²) in [4.78, 5) is 0. The summed E-state index contributed by atoms with van der Waals surface area (Å²) < 4.78 is 0. The summed E-state index contributed by atoms with van der Waals surface area (Å²) in [5.41, 5.74) is 1.76. The van der Waals surface area contributed by atoms with Crippen LogP contribution in [0.4, 0.5) is 5.69 Å². The molecule has 0 spiro atoms. The van der Waals surface area contributed by atoms with Gasteiger partial charge in [0.05, 0.1) is 11.8 Å². The predicted octanol–water partition coefficient (Wildman–Crippen LogP) is 4.03. The molecule has 18 heavy (non-hydrogen) atoms. The molecule has 0 radical (unpaired) electrons. The lowest BCUT2D eigenvalue weighted by Crippen LogP contribution is -2.35. The van der Waals surface area contributed by atoms with Gasteiger partial charge >= 0.3 is 0 Å². The first-order valence-corrected chi connectivity index (χ1v) is 6.87. The standard InChI is InChI=1S/C13H14Cl2N2O/c14-9-4-10(15)6-11(5-9)16-12-7-1-2-8(3-7)13(12)17-18/h4-8,12,16,18H,1-3H2/b17-13+/t7-,8+,12-/m1/s1. The van der Waals surface area contributed by atoms with Crippen molar-refractivity contribution in [3.8, 4) is 0 Å². The van der Waals surface area contributed by atoms with Gasteiger partial charge in [-0.3, -0.25) is 0 Å². The largest absolute Gasteiger partial charge is 0.411 e. The van der Waals surface area contributed by atoms with Gasteiger partial charge in [0.15, 0.2) is 0 Å². The number of nitrogens with one attached hydrogen (secondary N) is 1. The van der Waals surface area contributed by atoms with Crippen molar-refractivity contribution in [1.29, 1.82) is 0 Å². The molecule has 0 heterocycles. The van der Waals surface area contributed by atoms with Crippen molar-refractivity contribution >= 4 is 34.6 Å². The van der Waals surface area contributed by atoms with E-state index in [-0.39, 0.29) is 6.04 Å². The first-order chi connectivity index (χ1) is 8.67. The molecule has 96 valence electrons. The molecule has 1 aromatic carbocycles. The molecular formula is C13H14Cl2N2O. The third kappa shape index (κ3) is 2.06. The van der Waals surface area contributed by atoms with Crippen LogP contribution in [0, 0.1) is 11.8 Å². The van der Waals surface area contributed by atoms with Crippen LogP contribution < -0.4 is 5.32 Å². The molecule has 3 rings (SSSR count). The second-order valence-corrected chi connectivity index (χ2v) is 5.95. The van der Waals surface area contributed by atoms with E-state index in [2.05, 4.69) is 10.5 Å². The number of hydrogen-bond acceptors (Lipinski definition) is 3. The second-order valence-electron chi connectivity index (χ2n) is 5.08. The van der Waals surface area contributed by atoms with E-state index in [4.69, 9.17) is 28.4 Å². The minimum atomic E-state index is 0.114. The SMILES string of the molecule is O/N=C1\[C@H]2CC[C@H](C2)[C@H]1Nc1cc(Cl)cc(Cl)c1. The lowest BCUT2D eigenvalue weighted by molar-refractivity contribution is 0.312. The average molecular weight is 285 g/mol. The van der Waals surface area contributed by atoms with Gasteiger partial charge < -0.3 is 10.5 Å². The van der Waals surface area contributed by atoms with Crippen LogP contribution in [-0.4, -0.2) is 17.0 Å². The van der Waals surface area contributed by atoms with Crippen LogP contribution in [0.2, 0.25) is 10.0 Å². The van der Waals surface area contributed by atoms with Crippen molar-refractivity contribution in [1.82, 2.24) is 0 Å². The Labute approximate surface area is 116 Å². The van der Waals surface area contributed by atoms with E-state index >= 15 is 0 Å². The molecule has 1 aromatic rings. The minimum absolute atomic E-state index is 0.114. The predicted molar refractivity (Wildman–Crippen MR) is 73.9 cm³/mol. The smallest absolute Gasteiger partial charge is 0.0826 e. The number of nitrogens with zero attached hydrogens (tertiary/aromatic N) is 1. The topological polar surface area (TPSA) is 44.6 Å². The molecule has 2 aliphatic rings. The zero-order valence-corrected chi connectivity index (χ0v) is 11.2. The monoisotopic (exact) mass is 284 g/mol. The Bertz CT molecular complexity index is 484. The number of fused-ring (bicyclic) bond motifs is 2.